The molecule has 0 aromatic heterocycles. The number of rotatable bonds is 9. The van der Waals surface area contributed by atoms with Gasteiger partial charge in [0, 0.05) is 29.2 Å². The van der Waals surface area contributed by atoms with E-state index in [0.717, 1.165) is 23.7 Å². The molecule has 0 aliphatic carbocycles. The smallest absolute Gasteiger partial charge is 0.127 e. The van der Waals surface area contributed by atoms with Crippen LogP contribution in [0.4, 0.5) is 0 Å². The summed E-state index contributed by atoms with van der Waals surface area (Å²) in [5, 5.41) is 0. The average Bonchev–Trinajstić information content (AvgIpc) is 2.49. The molecule has 27 heavy (non-hydrogen) atoms. The maximum absolute atomic E-state index is 6.43. The molecule has 0 saturated heterocycles. The maximum Gasteiger partial charge on any atom is 0.127 e. The van der Waals surface area contributed by atoms with Gasteiger partial charge in [-0.05, 0) is 24.3 Å². The molecule has 0 saturated carbocycles. The average molecular weight is 437 g/mol. The molecule has 152 valence electrons. The van der Waals surface area contributed by atoms with Crippen molar-refractivity contribution in [1.29, 1.82) is 0 Å². The molecule has 0 N–H and O–H groups in total. The molecule has 0 fully saturated rings. The van der Waals surface area contributed by atoms with Crippen molar-refractivity contribution in [1.82, 2.24) is 0 Å². The lowest BCUT2D eigenvalue weighted by Crippen LogP contribution is -2.82. The summed E-state index contributed by atoms with van der Waals surface area (Å²) in [6.45, 7) is 25.8. The van der Waals surface area contributed by atoms with Gasteiger partial charge in [0.1, 0.15) is 11.5 Å². The highest BCUT2D eigenvalue weighted by Crippen LogP contribution is 2.39. The number of ether oxygens (including phenoxy) is 2. The highest BCUT2D eigenvalue weighted by Gasteiger charge is 2.60. The SMILES string of the molecule is C=CC/C(=C/[Si]([Si](C)(C)C)([Si](C)(C)C)[Si](C)(C)C)Oc1ccc(OC)cc1. The van der Waals surface area contributed by atoms with Gasteiger partial charge in [0.25, 0.3) is 0 Å². The zero-order valence-electron chi connectivity index (χ0n) is 19.2. The predicted octanol–water partition coefficient (Wildman–Crippen LogP) is 6.77. The van der Waals surface area contributed by atoms with E-state index in [0.29, 0.717) is 0 Å². The van der Waals surface area contributed by atoms with E-state index in [1.807, 2.05) is 30.3 Å². The fourth-order valence-electron chi connectivity index (χ4n) is 5.33. The van der Waals surface area contributed by atoms with Crippen LogP contribution in [0.3, 0.4) is 0 Å². The molecule has 6 heteroatoms. The lowest BCUT2D eigenvalue weighted by molar-refractivity contribution is 0.404. The molecule has 1 aromatic carbocycles. The van der Waals surface area contributed by atoms with Gasteiger partial charge in [0.2, 0.25) is 0 Å². The van der Waals surface area contributed by atoms with Crippen LogP contribution in [0.1, 0.15) is 6.42 Å². The minimum atomic E-state index is -1.62. The summed E-state index contributed by atoms with van der Waals surface area (Å²) in [6.07, 6.45) is 2.77. The lowest BCUT2D eigenvalue weighted by Gasteiger charge is -2.56. The molecule has 1 aromatic rings. The normalized spacial score (nSPS) is 14.1. The number of benzene rings is 1. The highest BCUT2D eigenvalue weighted by atomic mass is 29.9. The van der Waals surface area contributed by atoms with Crippen molar-refractivity contribution in [2.75, 3.05) is 7.11 Å². The Kier molecular flexibility index (Phi) is 7.78. The van der Waals surface area contributed by atoms with Crippen LogP contribution in [0.15, 0.2) is 48.4 Å². The quantitative estimate of drug-likeness (QED) is 0.241. The third-order valence-electron chi connectivity index (χ3n) is 5.58. The zero-order chi connectivity index (χ0) is 21.1. The van der Waals surface area contributed by atoms with Gasteiger partial charge < -0.3 is 9.47 Å². The van der Waals surface area contributed by atoms with E-state index in [-0.39, 0.29) is 0 Å². The van der Waals surface area contributed by atoms with Crippen LogP contribution < -0.4 is 9.47 Å². The first-order chi connectivity index (χ1) is 12.2. The van der Waals surface area contributed by atoms with Gasteiger partial charge in [-0.2, -0.15) is 0 Å². The fourth-order valence-corrected chi connectivity index (χ4v) is 100. The topological polar surface area (TPSA) is 18.5 Å². The van der Waals surface area contributed by atoms with E-state index in [4.69, 9.17) is 9.47 Å². The summed E-state index contributed by atoms with van der Waals surface area (Å²) in [5.41, 5.74) is 2.70. The summed E-state index contributed by atoms with van der Waals surface area (Å²) in [6, 6.07) is 7.91. The third-order valence-corrected chi connectivity index (χ3v) is 76.5. The standard InChI is InChI=1S/C21H40O2Si4/c1-12-13-21(23-20-16-14-19(22-2)15-17-20)18-27(24(3,4)5,25(6,7)8)26(9,10)11/h12,14-18H,1,13H2,2-11H3/b21-18-. The minimum Gasteiger partial charge on any atom is -0.497 e. The molecular formula is C21H40O2Si4. The Bertz CT molecular complexity index is 623. The Labute approximate surface area is 171 Å². The van der Waals surface area contributed by atoms with E-state index in [9.17, 15) is 0 Å². The van der Waals surface area contributed by atoms with Crippen LogP contribution in [-0.4, -0.2) is 36.5 Å². The Hall–Kier alpha value is -0.832. The summed E-state index contributed by atoms with van der Waals surface area (Å²) < 4.78 is 11.7. The molecule has 0 atom stereocenters. The van der Waals surface area contributed by atoms with Crippen molar-refractivity contribution in [2.24, 2.45) is 0 Å². The first-order valence-corrected chi connectivity index (χ1v) is 25.4. The molecule has 0 bridgehead atoms. The second-order valence-corrected chi connectivity index (χ2v) is 50.9. The van der Waals surface area contributed by atoms with E-state index in [2.05, 4.69) is 71.2 Å². The van der Waals surface area contributed by atoms with Crippen LogP contribution in [0.2, 0.25) is 58.9 Å². The zero-order valence-corrected chi connectivity index (χ0v) is 23.2. The number of methoxy groups -OCH3 is 1. The van der Waals surface area contributed by atoms with Crippen LogP contribution in [0, 0.1) is 0 Å². The number of hydrogen-bond acceptors (Lipinski definition) is 2. The van der Waals surface area contributed by atoms with E-state index in [1.54, 1.807) is 7.11 Å². The molecule has 1 rings (SSSR count). The second-order valence-electron chi connectivity index (χ2n) is 10.4. The van der Waals surface area contributed by atoms with Gasteiger partial charge in [-0.3, -0.25) is 0 Å². The van der Waals surface area contributed by atoms with E-state index < -0.39 is 29.4 Å². The van der Waals surface area contributed by atoms with Crippen molar-refractivity contribution in [3.8, 4) is 11.5 Å². The van der Waals surface area contributed by atoms with Gasteiger partial charge >= 0.3 is 0 Å². The minimum absolute atomic E-state index is 0.792. The van der Waals surface area contributed by atoms with Crippen molar-refractivity contribution < 1.29 is 9.47 Å². The first-order valence-electron chi connectivity index (χ1n) is 9.84. The molecule has 2 nitrogen and oxygen atoms in total. The van der Waals surface area contributed by atoms with Crippen molar-refractivity contribution in [2.45, 2.75) is 65.3 Å². The van der Waals surface area contributed by atoms with Crippen LogP contribution >= 0.6 is 0 Å². The van der Waals surface area contributed by atoms with Crippen molar-refractivity contribution in [3.63, 3.8) is 0 Å². The van der Waals surface area contributed by atoms with Crippen molar-refractivity contribution >= 4 is 29.4 Å². The molecule has 0 aliphatic heterocycles. The third kappa shape index (κ3) is 5.37. The summed E-state index contributed by atoms with van der Waals surface area (Å²) in [5.74, 6) is 2.84. The van der Waals surface area contributed by atoms with Gasteiger partial charge in [0.15, 0.2) is 0 Å². The van der Waals surface area contributed by atoms with Gasteiger partial charge in [-0.15, -0.1) is 6.58 Å². The number of hydrogen-bond donors (Lipinski definition) is 0. The molecular weight excluding hydrogens is 397 g/mol. The van der Waals surface area contributed by atoms with Crippen LogP contribution in [-0.2, 0) is 0 Å². The molecule has 0 unspecified atom stereocenters. The van der Waals surface area contributed by atoms with Crippen LogP contribution in [0.5, 0.6) is 11.5 Å². The Morgan fingerprint density at radius 3 is 1.56 bits per heavy atom. The Balaban J connectivity index is 3.55. The number of allylic oxidation sites excluding steroid dienone is 1. The monoisotopic (exact) mass is 436 g/mol. The highest BCUT2D eigenvalue weighted by molar-refractivity contribution is 7.90. The van der Waals surface area contributed by atoms with E-state index in [1.165, 1.54) is 0 Å². The Morgan fingerprint density at radius 1 is 0.815 bits per heavy atom. The summed E-state index contributed by atoms with van der Waals surface area (Å²) in [4.78, 5) is 0. The summed E-state index contributed by atoms with van der Waals surface area (Å²) >= 11 is 0. The van der Waals surface area contributed by atoms with E-state index >= 15 is 0 Å². The van der Waals surface area contributed by atoms with Crippen LogP contribution in [0.25, 0.3) is 0 Å². The Morgan fingerprint density at radius 2 is 1.22 bits per heavy atom. The summed E-state index contributed by atoms with van der Waals surface area (Å²) in [7, 11) is -2.45. The van der Waals surface area contributed by atoms with Gasteiger partial charge in [-0.25, -0.2) is 0 Å². The maximum atomic E-state index is 6.43. The molecule has 0 heterocycles. The predicted molar refractivity (Wildman–Crippen MR) is 132 cm³/mol. The van der Waals surface area contributed by atoms with Gasteiger partial charge in [0.05, 0.1) is 19.5 Å². The first kappa shape index (κ1) is 24.2. The fraction of sp³-hybridized carbons (Fsp3) is 0.524. The molecule has 0 amide bonds. The second kappa shape index (κ2) is 8.67. The molecule has 0 aliphatic rings. The van der Waals surface area contributed by atoms with Gasteiger partial charge in [-0.1, -0.05) is 70.7 Å². The molecule has 0 radical (unpaired) electrons. The van der Waals surface area contributed by atoms with Crippen molar-refractivity contribution in [3.05, 3.63) is 48.4 Å². The molecule has 0 spiro atoms. The largest absolute Gasteiger partial charge is 0.497 e. The lowest BCUT2D eigenvalue weighted by atomic mass is 10.3.